The summed E-state index contributed by atoms with van der Waals surface area (Å²) in [6, 6.07) is 6.18. The first-order valence-electron chi connectivity index (χ1n) is 6.32. The number of oxazole rings is 1. The highest BCUT2D eigenvalue weighted by Crippen LogP contribution is 2.14. The fourth-order valence-electron chi connectivity index (χ4n) is 2.10. The van der Waals surface area contributed by atoms with Gasteiger partial charge in [0.15, 0.2) is 12.0 Å². The Balaban J connectivity index is 1.90. The number of fused-ring (bicyclic) bond motifs is 1. The molecule has 2 rings (SSSR count). The van der Waals surface area contributed by atoms with Crippen molar-refractivity contribution in [2.75, 3.05) is 20.1 Å². The molecule has 0 spiro atoms. The van der Waals surface area contributed by atoms with Crippen molar-refractivity contribution in [1.29, 1.82) is 0 Å². The molecule has 2 N–H and O–H groups in total. The summed E-state index contributed by atoms with van der Waals surface area (Å²) in [6.45, 7) is 6.30. The van der Waals surface area contributed by atoms with Gasteiger partial charge in [-0.15, -0.1) is 0 Å². The number of hydrogen-bond donors (Lipinski definition) is 2. The molecule has 98 valence electrons. The van der Waals surface area contributed by atoms with Crippen LogP contribution in [0.1, 0.15) is 19.4 Å². The van der Waals surface area contributed by atoms with Crippen LogP contribution in [0.2, 0.25) is 0 Å². The van der Waals surface area contributed by atoms with E-state index in [1.807, 2.05) is 13.1 Å². The lowest BCUT2D eigenvalue weighted by Crippen LogP contribution is -2.47. The molecule has 0 aliphatic carbocycles. The fourth-order valence-corrected chi connectivity index (χ4v) is 2.10. The molecule has 1 aromatic carbocycles. The largest absolute Gasteiger partial charge is 0.443 e. The van der Waals surface area contributed by atoms with Gasteiger partial charge in [-0.25, -0.2) is 4.98 Å². The van der Waals surface area contributed by atoms with Crippen LogP contribution in [0, 0.1) is 0 Å². The molecule has 2 aromatic rings. The molecule has 4 heteroatoms. The first kappa shape index (κ1) is 13.1. The molecule has 0 radical (unpaired) electrons. The highest BCUT2D eigenvalue weighted by Gasteiger charge is 2.14. The van der Waals surface area contributed by atoms with E-state index in [1.54, 1.807) is 0 Å². The van der Waals surface area contributed by atoms with E-state index in [9.17, 15) is 0 Å². The van der Waals surface area contributed by atoms with Crippen molar-refractivity contribution in [1.82, 2.24) is 15.6 Å². The van der Waals surface area contributed by atoms with Gasteiger partial charge < -0.3 is 15.1 Å². The predicted octanol–water partition coefficient (Wildman–Crippen LogP) is 1.96. The second-order valence-corrected chi connectivity index (χ2v) is 5.25. The lowest BCUT2D eigenvalue weighted by atomic mass is 10.0. The third-order valence-electron chi connectivity index (χ3n) is 3.03. The Kier molecular flexibility index (Phi) is 3.99. The van der Waals surface area contributed by atoms with E-state index in [1.165, 1.54) is 12.0 Å². The van der Waals surface area contributed by atoms with Crippen molar-refractivity contribution in [2.24, 2.45) is 0 Å². The Hall–Kier alpha value is -1.39. The second-order valence-electron chi connectivity index (χ2n) is 5.25. The van der Waals surface area contributed by atoms with E-state index in [-0.39, 0.29) is 5.54 Å². The maximum Gasteiger partial charge on any atom is 0.181 e. The average Bonchev–Trinajstić information content (AvgIpc) is 2.75. The van der Waals surface area contributed by atoms with E-state index >= 15 is 0 Å². The van der Waals surface area contributed by atoms with E-state index < -0.39 is 0 Å². The third-order valence-corrected chi connectivity index (χ3v) is 3.03. The minimum Gasteiger partial charge on any atom is -0.443 e. The topological polar surface area (TPSA) is 50.1 Å². The summed E-state index contributed by atoms with van der Waals surface area (Å²) in [5.74, 6) is 0. The molecule has 1 aromatic heterocycles. The Labute approximate surface area is 108 Å². The highest BCUT2D eigenvalue weighted by atomic mass is 16.3. The fraction of sp³-hybridized carbons (Fsp3) is 0.500. The Bertz CT molecular complexity index is 504. The Morgan fingerprint density at radius 3 is 2.94 bits per heavy atom. The zero-order chi connectivity index (χ0) is 13.0. The SMILES string of the molecule is CNCC(C)(C)NCCc1ccc2ncoc2c1. The number of rotatable bonds is 6. The molecule has 0 unspecified atom stereocenters. The van der Waals surface area contributed by atoms with Gasteiger partial charge in [0.05, 0.1) is 0 Å². The van der Waals surface area contributed by atoms with Gasteiger partial charge in [0.2, 0.25) is 0 Å². The minimum atomic E-state index is 0.116. The van der Waals surface area contributed by atoms with Gasteiger partial charge in [0, 0.05) is 12.1 Å². The predicted molar refractivity (Wildman–Crippen MR) is 73.7 cm³/mol. The van der Waals surface area contributed by atoms with Gasteiger partial charge in [-0.2, -0.15) is 0 Å². The molecule has 0 atom stereocenters. The highest BCUT2D eigenvalue weighted by molar-refractivity contribution is 5.72. The van der Waals surface area contributed by atoms with E-state index in [0.29, 0.717) is 0 Å². The monoisotopic (exact) mass is 247 g/mol. The zero-order valence-corrected chi connectivity index (χ0v) is 11.3. The van der Waals surface area contributed by atoms with Crippen LogP contribution in [0.25, 0.3) is 11.1 Å². The minimum absolute atomic E-state index is 0.116. The van der Waals surface area contributed by atoms with Crippen LogP contribution in [-0.4, -0.2) is 30.7 Å². The van der Waals surface area contributed by atoms with Crippen molar-refractivity contribution in [2.45, 2.75) is 25.8 Å². The summed E-state index contributed by atoms with van der Waals surface area (Å²) in [5.41, 5.74) is 3.17. The molecule has 1 heterocycles. The van der Waals surface area contributed by atoms with Gasteiger partial charge in [0.25, 0.3) is 0 Å². The molecule has 0 aliphatic heterocycles. The molecule has 18 heavy (non-hydrogen) atoms. The summed E-state index contributed by atoms with van der Waals surface area (Å²) in [4.78, 5) is 4.11. The summed E-state index contributed by atoms with van der Waals surface area (Å²) in [7, 11) is 1.97. The van der Waals surface area contributed by atoms with Gasteiger partial charge in [0.1, 0.15) is 5.52 Å². The van der Waals surface area contributed by atoms with Gasteiger partial charge >= 0.3 is 0 Å². The van der Waals surface area contributed by atoms with Crippen LogP contribution in [0.4, 0.5) is 0 Å². The maximum atomic E-state index is 5.30. The van der Waals surface area contributed by atoms with Crippen molar-refractivity contribution < 1.29 is 4.42 Å². The molecule has 4 nitrogen and oxygen atoms in total. The van der Waals surface area contributed by atoms with Crippen molar-refractivity contribution >= 4 is 11.1 Å². The van der Waals surface area contributed by atoms with Crippen LogP contribution < -0.4 is 10.6 Å². The summed E-state index contributed by atoms with van der Waals surface area (Å²) >= 11 is 0. The van der Waals surface area contributed by atoms with Crippen molar-refractivity contribution in [3.8, 4) is 0 Å². The van der Waals surface area contributed by atoms with Crippen LogP contribution in [0.3, 0.4) is 0 Å². The first-order valence-corrected chi connectivity index (χ1v) is 6.32. The number of hydrogen-bond acceptors (Lipinski definition) is 4. The first-order chi connectivity index (χ1) is 8.61. The average molecular weight is 247 g/mol. The van der Waals surface area contributed by atoms with Gasteiger partial charge in [-0.3, -0.25) is 0 Å². The molecule has 0 fully saturated rings. The molecular formula is C14H21N3O. The quantitative estimate of drug-likeness (QED) is 0.819. The molecule has 0 amide bonds. The molecular weight excluding hydrogens is 226 g/mol. The van der Waals surface area contributed by atoms with E-state index in [2.05, 4.69) is 41.6 Å². The van der Waals surface area contributed by atoms with Crippen molar-refractivity contribution in [3.63, 3.8) is 0 Å². The molecule has 0 saturated carbocycles. The summed E-state index contributed by atoms with van der Waals surface area (Å²) < 4.78 is 5.30. The Morgan fingerprint density at radius 2 is 2.17 bits per heavy atom. The lowest BCUT2D eigenvalue weighted by Gasteiger charge is -2.26. The van der Waals surface area contributed by atoms with Crippen molar-refractivity contribution in [3.05, 3.63) is 30.2 Å². The number of nitrogens with zero attached hydrogens (tertiary/aromatic N) is 1. The van der Waals surface area contributed by atoms with Crippen LogP contribution in [0.15, 0.2) is 29.0 Å². The second kappa shape index (κ2) is 5.50. The Morgan fingerprint density at radius 1 is 1.33 bits per heavy atom. The smallest absolute Gasteiger partial charge is 0.181 e. The number of benzene rings is 1. The van der Waals surface area contributed by atoms with Crippen LogP contribution in [0.5, 0.6) is 0 Å². The molecule has 0 bridgehead atoms. The lowest BCUT2D eigenvalue weighted by molar-refractivity contribution is 0.379. The third kappa shape index (κ3) is 3.31. The number of aromatic nitrogens is 1. The molecule has 0 saturated heterocycles. The van der Waals surface area contributed by atoms with Crippen LogP contribution >= 0.6 is 0 Å². The van der Waals surface area contributed by atoms with Gasteiger partial charge in [-0.05, 0) is 51.6 Å². The number of nitrogens with one attached hydrogen (secondary N) is 2. The van der Waals surface area contributed by atoms with E-state index in [0.717, 1.165) is 30.6 Å². The van der Waals surface area contributed by atoms with Gasteiger partial charge in [-0.1, -0.05) is 6.07 Å². The standard InChI is InChI=1S/C14H21N3O/c1-14(2,9-15-3)17-7-6-11-4-5-12-13(8-11)18-10-16-12/h4-5,8,10,15,17H,6-7,9H2,1-3H3. The summed E-state index contributed by atoms with van der Waals surface area (Å²) in [6.07, 6.45) is 2.48. The zero-order valence-electron chi connectivity index (χ0n) is 11.3. The molecule has 0 aliphatic rings. The number of likely N-dealkylation sites (N-methyl/N-ethyl adjacent to an activating group) is 1. The van der Waals surface area contributed by atoms with E-state index in [4.69, 9.17) is 4.42 Å². The normalized spacial score (nSPS) is 12.2. The maximum absolute atomic E-state index is 5.30. The van der Waals surface area contributed by atoms with Crippen LogP contribution in [-0.2, 0) is 6.42 Å². The summed E-state index contributed by atoms with van der Waals surface area (Å²) in [5, 5.41) is 6.73.